The van der Waals surface area contributed by atoms with Gasteiger partial charge in [0.05, 0.1) is 0 Å². The maximum absolute atomic E-state index is 12.8. The van der Waals surface area contributed by atoms with Crippen molar-refractivity contribution in [2.24, 2.45) is 0 Å². The topological polar surface area (TPSA) is 46.3 Å². The van der Waals surface area contributed by atoms with E-state index in [1.54, 1.807) is 42.3 Å². The molecule has 0 atom stereocenters. The van der Waals surface area contributed by atoms with Gasteiger partial charge in [-0.05, 0) is 41.5 Å². The molecule has 108 valence electrons. The molecule has 0 aromatic heterocycles. The van der Waals surface area contributed by atoms with Crippen LogP contribution in [-0.4, -0.2) is 17.9 Å². The standard InChI is InChI=1S/C17H17FN2O/c1-20(12-14-2-7-15(18)8-3-14)17(21)11-6-13-4-9-16(19)10-5-13/h2-11H,12,19H2,1H3/b11-6+. The first-order valence-corrected chi connectivity index (χ1v) is 6.58. The number of amides is 1. The second kappa shape index (κ2) is 6.70. The van der Waals surface area contributed by atoms with E-state index in [1.807, 2.05) is 12.1 Å². The summed E-state index contributed by atoms with van der Waals surface area (Å²) < 4.78 is 12.8. The van der Waals surface area contributed by atoms with Gasteiger partial charge in [0.15, 0.2) is 0 Å². The van der Waals surface area contributed by atoms with Crippen LogP contribution in [-0.2, 0) is 11.3 Å². The zero-order valence-corrected chi connectivity index (χ0v) is 11.8. The smallest absolute Gasteiger partial charge is 0.246 e. The molecule has 0 bridgehead atoms. The molecule has 0 radical (unpaired) electrons. The zero-order valence-electron chi connectivity index (χ0n) is 11.8. The van der Waals surface area contributed by atoms with Gasteiger partial charge in [0.25, 0.3) is 0 Å². The van der Waals surface area contributed by atoms with Crippen LogP contribution in [0.3, 0.4) is 0 Å². The summed E-state index contributed by atoms with van der Waals surface area (Å²) in [6.45, 7) is 0.436. The van der Waals surface area contributed by atoms with Crippen molar-refractivity contribution in [3.63, 3.8) is 0 Å². The molecule has 0 saturated heterocycles. The average molecular weight is 284 g/mol. The normalized spacial score (nSPS) is 10.8. The molecule has 0 saturated carbocycles. The van der Waals surface area contributed by atoms with Crippen LogP contribution in [0.15, 0.2) is 54.6 Å². The van der Waals surface area contributed by atoms with Crippen LogP contribution in [0.1, 0.15) is 11.1 Å². The molecule has 2 N–H and O–H groups in total. The molecule has 21 heavy (non-hydrogen) atoms. The van der Waals surface area contributed by atoms with Gasteiger partial charge in [-0.25, -0.2) is 4.39 Å². The number of anilines is 1. The Kier molecular flexibility index (Phi) is 4.72. The molecule has 2 aromatic rings. The molecular weight excluding hydrogens is 267 g/mol. The maximum atomic E-state index is 12.8. The number of carbonyl (C=O) groups excluding carboxylic acids is 1. The molecule has 3 nitrogen and oxygen atoms in total. The third-order valence-electron chi connectivity index (χ3n) is 3.06. The third kappa shape index (κ3) is 4.45. The zero-order chi connectivity index (χ0) is 15.2. The molecule has 2 aromatic carbocycles. The Labute approximate surface area is 123 Å². The first kappa shape index (κ1) is 14.8. The van der Waals surface area contributed by atoms with Crippen molar-refractivity contribution in [1.29, 1.82) is 0 Å². The predicted octanol–water partition coefficient (Wildman–Crippen LogP) is 3.08. The van der Waals surface area contributed by atoms with Crippen LogP contribution in [0.2, 0.25) is 0 Å². The molecule has 0 fully saturated rings. The third-order valence-corrected chi connectivity index (χ3v) is 3.06. The Morgan fingerprint density at radius 1 is 1.14 bits per heavy atom. The van der Waals surface area contributed by atoms with E-state index in [0.717, 1.165) is 11.1 Å². The number of rotatable bonds is 4. The van der Waals surface area contributed by atoms with Crippen LogP contribution in [0, 0.1) is 5.82 Å². The van der Waals surface area contributed by atoms with Crippen LogP contribution < -0.4 is 5.73 Å². The molecule has 0 aliphatic carbocycles. The molecule has 4 heteroatoms. The summed E-state index contributed by atoms with van der Waals surface area (Å²) in [5.74, 6) is -0.396. The van der Waals surface area contributed by atoms with Crippen LogP contribution in [0.25, 0.3) is 6.08 Å². The number of hydrogen-bond donors (Lipinski definition) is 1. The summed E-state index contributed by atoms with van der Waals surface area (Å²) in [6.07, 6.45) is 3.25. The van der Waals surface area contributed by atoms with E-state index < -0.39 is 0 Å². The lowest BCUT2D eigenvalue weighted by Crippen LogP contribution is -2.24. The van der Waals surface area contributed by atoms with E-state index >= 15 is 0 Å². The summed E-state index contributed by atoms with van der Waals surface area (Å²) in [5.41, 5.74) is 8.08. The van der Waals surface area contributed by atoms with Gasteiger partial charge in [-0.3, -0.25) is 4.79 Å². The molecule has 0 aliphatic heterocycles. The molecule has 1 amide bonds. The number of halogens is 1. The van der Waals surface area contributed by atoms with Crippen molar-refractivity contribution >= 4 is 17.7 Å². The van der Waals surface area contributed by atoms with Gasteiger partial charge in [-0.1, -0.05) is 24.3 Å². The van der Waals surface area contributed by atoms with Crippen LogP contribution in [0.5, 0.6) is 0 Å². The van der Waals surface area contributed by atoms with Crippen molar-refractivity contribution in [2.45, 2.75) is 6.54 Å². The van der Waals surface area contributed by atoms with Gasteiger partial charge in [0, 0.05) is 25.4 Å². The number of hydrogen-bond acceptors (Lipinski definition) is 2. The minimum atomic E-state index is -0.282. The van der Waals surface area contributed by atoms with Crippen LogP contribution >= 0.6 is 0 Å². The largest absolute Gasteiger partial charge is 0.399 e. The summed E-state index contributed by atoms with van der Waals surface area (Å²) in [4.78, 5) is 13.6. The van der Waals surface area contributed by atoms with Crippen molar-refractivity contribution in [2.75, 3.05) is 12.8 Å². The minimum Gasteiger partial charge on any atom is -0.399 e. The molecule has 2 rings (SSSR count). The Hall–Kier alpha value is -2.62. The second-order valence-corrected chi connectivity index (χ2v) is 4.82. The van der Waals surface area contributed by atoms with Crippen molar-refractivity contribution in [3.05, 3.63) is 71.6 Å². The van der Waals surface area contributed by atoms with Crippen LogP contribution in [0.4, 0.5) is 10.1 Å². The summed E-state index contributed by atoms with van der Waals surface area (Å²) >= 11 is 0. The molecular formula is C17H17FN2O. The van der Waals surface area contributed by atoms with Gasteiger partial charge in [-0.15, -0.1) is 0 Å². The summed E-state index contributed by atoms with van der Waals surface area (Å²) in [6, 6.07) is 13.4. The van der Waals surface area contributed by atoms with Crippen molar-refractivity contribution < 1.29 is 9.18 Å². The van der Waals surface area contributed by atoms with E-state index in [9.17, 15) is 9.18 Å². The predicted molar refractivity (Wildman–Crippen MR) is 82.8 cm³/mol. The quantitative estimate of drug-likeness (QED) is 0.692. The lowest BCUT2D eigenvalue weighted by molar-refractivity contribution is -0.125. The fourth-order valence-electron chi connectivity index (χ4n) is 1.84. The highest BCUT2D eigenvalue weighted by molar-refractivity contribution is 5.91. The van der Waals surface area contributed by atoms with Crippen molar-refractivity contribution in [3.8, 4) is 0 Å². The first-order valence-electron chi connectivity index (χ1n) is 6.58. The number of nitrogens with two attached hydrogens (primary N) is 1. The number of benzene rings is 2. The van der Waals surface area contributed by atoms with Gasteiger partial charge >= 0.3 is 0 Å². The number of carbonyl (C=O) groups is 1. The summed E-state index contributed by atoms with van der Waals surface area (Å²) in [7, 11) is 1.71. The lowest BCUT2D eigenvalue weighted by Gasteiger charge is -2.15. The van der Waals surface area contributed by atoms with Gasteiger partial charge < -0.3 is 10.6 Å². The van der Waals surface area contributed by atoms with Crippen molar-refractivity contribution in [1.82, 2.24) is 4.90 Å². The Morgan fingerprint density at radius 2 is 1.76 bits per heavy atom. The van der Waals surface area contributed by atoms with E-state index in [1.165, 1.54) is 18.2 Å². The van der Waals surface area contributed by atoms with Gasteiger partial charge in [0.2, 0.25) is 5.91 Å². The molecule has 0 unspecified atom stereocenters. The fraction of sp³-hybridized carbons (Fsp3) is 0.118. The van der Waals surface area contributed by atoms with Gasteiger partial charge in [-0.2, -0.15) is 0 Å². The Bertz CT molecular complexity index is 633. The van der Waals surface area contributed by atoms with E-state index in [4.69, 9.17) is 5.73 Å². The lowest BCUT2D eigenvalue weighted by atomic mass is 10.2. The average Bonchev–Trinajstić information content (AvgIpc) is 2.48. The van der Waals surface area contributed by atoms with E-state index in [2.05, 4.69) is 0 Å². The SMILES string of the molecule is CN(Cc1ccc(F)cc1)C(=O)/C=C/c1ccc(N)cc1. The maximum Gasteiger partial charge on any atom is 0.246 e. The number of likely N-dealkylation sites (N-methyl/N-ethyl adjacent to an activating group) is 1. The molecule has 0 spiro atoms. The van der Waals surface area contributed by atoms with E-state index in [0.29, 0.717) is 12.2 Å². The molecule has 0 aliphatic rings. The minimum absolute atomic E-state index is 0.115. The second-order valence-electron chi connectivity index (χ2n) is 4.82. The molecule has 0 heterocycles. The highest BCUT2D eigenvalue weighted by atomic mass is 19.1. The Balaban J connectivity index is 1.96. The number of nitrogens with zero attached hydrogens (tertiary/aromatic N) is 1. The Morgan fingerprint density at radius 3 is 2.38 bits per heavy atom. The highest BCUT2D eigenvalue weighted by Crippen LogP contribution is 2.09. The van der Waals surface area contributed by atoms with E-state index in [-0.39, 0.29) is 11.7 Å². The monoisotopic (exact) mass is 284 g/mol. The summed E-state index contributed by atoms with van der Waals surface area (Å²) in [5, 5.41) is 0. The highest BCUT2D eigenvalue weighted by Gasteiger charge is 2.05. The van der Waals surface area contributed by atoms with Gasteiger partial charge in [0.1, 0.15) is 5.82 Å². The fourth-order valence-corrected chi connectivity index (χ4v) is 1.84. The first-order chi connectivity index (χ1) is 10.0. The number of nitrogen functional groups attached to an aromatic ring is 1.